The monoisotopic (exact) mass is 188 g/mol. The molecule has 0 atom stereocenters. The van der Waals surface area contributed by atoms with E-state index < -0.39 is 9.84 Å². The van der Waals surface area contributed by atoms with E-state index >= 15 is 0 Å². The van der Waals surface area contributed by atoms with Crippen molar-refractivity contribution in [2.45, 2.75) is 5.03 Å². The molecule has 1 aromatic rings. The van der Waals surface area contributed by atoms with Crippen molar-refractivity contribution in [2.24, 2.45) is 0 Å². The second-order valence-corrected chi connectivity index (χ2v) is 4.15. The van der Waals surface area contributed by atoms with Crippen molar-refractivity contribution >= 4 is 9.84 Å². The van der Waals surface area contributed by atoms with Crippen molar-refractivity contribution in [3.05, 3.63) is 12.1 Å². The Hall–Kier alpha value is -1.17. The molecule has 5 nitrogen and oxygen atoms in total. The van der Waals surface area contributed by atoms with Crippen molar-refractivity contribution in [1.82, 2.24) is 10.2 Å². The summed E-state index contributed by atoms with van der Waals surface area (Å²) in [5.74, 6) is 0.294. The van der Waals surface area contributed by atoms with Gasteiger partial charge in [0, 0.05) is 12.3 Å². The number of rotatable bonds is 2. The van der Waals surface area contributed by atoms with Crippen LogP contribution >= 0.6 is 0 Å². The van der Waals surface area contributed by atoms with E-state index in [1.807, 2.05) is 0 Å². The summed E-state index contributed by atoms with van der Waals surface area (Å²) in [4.78, 5) is 0. The van der Waals surface area contributed by atoms with Crippen molar-refractivity contribution in [3.63, 3.8) is 0 Å². The lowest BCUT2D eigenvalue weighted by Crippen LogP contribution is -2.02. The van der Waals surface area contributed by atoms with E-state index in [1.54, 1.807) is 0 Å². The number of nitrogens with zero attached hydrogens (tertiary/aromatic N) is 2. The van der Waals surface area contributed by atoms with Crippen LogP contribution in [0.4, 0.5) is 0 Å². The molecular formula is C6H8N2O3S. The van der Waals surface area contributed by atoms with Gasteiger partial charge in [-0.05, 0) is 6.07 Å². The maximum absolute atomic E-state index is 10.9. The van der Waals surface area contributed by atoms with Crippen LogP contribution in [0.1, 0.15) is 0 Å². The van der Waals surface area contributed by atoms with Gasteiger partial charge in [-0.2, -0.15) is 0 Å². The van der Waals surface area contributed by atoms with Crippen LogP contribution in [0, 0.1) is 0 Å². The standard InChI is InChI=1S/C6H8N2O3S/c1-11-5-3-4-6(8-7-5)12(2,9)10/h3-4H,1-2H3. The Bertz CT molecular complexity index is 357. The van der Waals surface area contributed by atoms with Crippen molar-refractivity contribution in [3.8, 4) is 5.88 Å². The fourth-order valence-electron chi connectivity index (χ4n) is 0.614. The minimum Gasteiger partial charge on any atom is -0.480 e. The molecular weight excluding hydrogens is 180 g/mol. The van der Waals surface area contributed by atoms with Gasteiger partial charge in [0.25, 0.3) is 0 Å². The zero-order chi connectivity index (χ0) is 9.19. The summed E-state index contributed by atoms with van der Waals surface area (Å²) in [7, 11) is -1.82. The summed E-state index contributed by atoms with van der Waals surface area (Å²) in [5, 5.41) is 6.92. The maximum Gasteiger partial charge on any atom is 0.233 e. The van der Waals surface area contributed by atoms with Crippen LogP contribution in [0.15, 0.2) is 17.2 Å². The summed E-state index contributed by atoms with van der Waals surface area (Å²) in [5.41, 5.74) is 0. The fraction of sp³-hybridized carbons (Fsp3) is 0.333. The van der Waals surface area contributed by atoms with Gasteiger partial charge in [0.2, 0.25) is 5.88 Å². The van der Waals surface area contributed by atoms with Gasteiger partial charge < -0.3 is 4.74 Å². The molecule has 0 saturated heterocycles. The van der Waals surface area contributed by atoms with Gasteiger partial charge in [-0.15, -0.1) is 10.2 Å². The topological polar surface area (TPSA) is 69.2 Å². The quantitative estimate of drug-likeness (QED) is 0.647. The minimum atomic E-state index is -3.26. The second kappa shape index (κ2) is 3.06. The van der Waals surface area contributed by atoms with E-state index in [0.29, 0.717) is 5.88 Å². The lowest BCUT2D eigenvalue weighted by Gasteiger charge is -1.97. The average molecular weight is 188 g/mol. The lowest BCUT2D eigenvalue weighted by molar-refractivity contribution is 0.389. The van der Waals surface area contributed by atoms with Crippen LogP contribution in [0.25, 0.3) is 0 Å². The summed E-state index contributed by atoms with van der Waals surface area (Å²) < 4.78 is 26.5. The summed E-state index contributed by atoms with van der Waals surface area (Å²) in [6.07, 6.45) is 1.07. The van der Waals surface area contributed by atoms with Crippen molar-refractivity contribution < 1.29 is 13.2 Å². The Morgan fingerprint density at radius 3 is 2.33 bits per heavy atom. The third-order valence-corrected chi connectivity index (χ3v) is 2.18. The van der Waals surface area contributed by atoms with E-state index in [4.69, 9.17) is 4.74 Å². The van der Waals surface area contributed by atoms with E-state index in [1.165, 1.54) is 19.2 Å². The average Bonchev–Trinajstić information content (AvgIpc) is 2.03. The molecule has 66 valence electrons. The van der Waals surface area contributed by atoms with Crippen LogP contribution in [0.5, 0.6) is 5.88 Å². The van der Waals surface area contributed by atoms with Gasteiger partial charge in [-0.3, -0.25) is 0 Å². The van der Waals surface area contributed by atoms with Crippen LogP contribution in [-0.2, 0) is 9.84 Å². The second-order valence-electron chi connectivity index (χ2n) is 2.19. The van der Waals surface area contributed by atoms with Gasteiger partial charge in [-0.25, -0.2) is 8.42 Å². The molecule has 1 rings (SSSR count). The molecule has 0 aliphatic heterocycles. The molecule has 0 aliphatic rings. The van der Waals surface area contributed by atoms with Crippen LogP contribution in [-0.4, -0.2) is 32.0 Å². The summed E-state index contributed by atoms with van der Waals surface area (Å²) >= 11 is 0. The number of hydrogen-bond donors (Lipinski definition) is 0. The molecule has 0 saturated carbocycles. The first-order valence-electron chi connectivity index (χ1n) is 3.12. The molecule has 0 fully saturated rings. The molecule has 0 spiro atoms. The smallest absolute Gasteiger partial charge is 0.233 e. The predicted octanol–water partition coefficient (Wildman–Crippen LogP) is -0.111. The van der Waals surface area contributed by atoms with Crippen LogP contribution in [0.2, 0.25) is 0 Å². The predicted molar refractivity (Wildman–Crippen MR) is 41.7 cm³/mol. The van der Waals surface area contributed by atoms with Crippen molar-refractivity contribution in [1.29, 1.82) is 0 Å². The van der Waals surface area contributed by atoms with Crippen LogP contribution < -0.4 is 4.74 Å². The van der Waals surface area contributed by atoms with E-state index in [2.05, 4.69) is 10.2 Å². The van der Waals surface area contributed by atoms with Crippen molar-refractivity contribution in [2.75, 3.05) is 13.4 Å². The first-order chi connectivity index (χ1) is 5.54. The Morgan fingerprint density at radius 2 is 2.00 bits per heavy atom. The molecule has 12 heavy (non-hydrogen) atoms. The summed E-state index contributed by atoms with van der Waals surface area (Å²) in [6, 6.07) is 2.80. The molecule has 0 radical (unpaired) electrons. The fourth-order valence-corrected chi connectivity index (χ4v) is 1.12. The zero-order valence-electron chi connectivity index (χ0n) is 6.68. The third-order valence-electron chi connectivity index (χ3n) is 1.20. The number of sulfone groups is 1. The number of aromatic nitrogens is 2. The molecule has 0 bridgehead atoms. The first kappa shape index (κ1) is 8.92. The highest BCUT2D eigenvalue weighted by Crippen LogP contribution is 2.07. The lowest BCUT2D eigenvalue weighted by atomic mass is 10.6. The Morgan fingerprint density at radius 1 is 1.33 bits per heavy atom. The Kier molecular flexibility index (Phi) is 2.27. The molecule has 0 unspecified atom stereocenters. The van der Waals surface area contributed by atoms with Gasteiger partial charge in [0.1, 0.15) is 0 Å². The van der Waals surface area contributed by atoms with Gasteiger partial charge >= 0.3 is 0 Å². The summed E-state index contributed by atoms with van der Waals surface area (Å²) in [6.45, 7) is 0. The largest absolute Gasteiger partial charge is 0.480 e. The van der Waals surface area contributed by atoms with E-state index in [-0.39, 0.29) is 5.03 Å². The SMILES string of the molecule is COc1ccc(S(C)(=O)=O)nn1. The molecule has 1 aromatic heterocycles. The normalized spacial score (nSPS) is 11.2. The first-order valence-corrected chi connectivity index (χ1v) is 5.01. The number of methoxy groups -OCH3 is 1. The Labute approximate surface area is 70.3 Å². The maximum atomic E-state index is 10.9. The van der Waals surface area contributed by atoms with Crippen LogP contribution in [0.3, 0.4) is 0 Å². The van der Waals surface area contributed by atoms with Gasteiger partial charge in [0.15, 0.2) is 14.9 Å². The van der Waals surface area contributed by atoms with E-state index in [0.717, 1.165) is 6.26 Å². The zero-order valence-corrected chi connectivity index (χ0v) is 7.50. The third kappa shape index (κ3) is 1.91. The Balaban J connectivity index is 3.09. The molecule has 6 heteroatoms. The van der Waals surface area contributed by atoms with Gasteiger partial charge in [0.05, 0.1) is 7.11 Å². The van der Waals surface area contributed by atoms with Gasteiger partial charge in [-0.1, -0.05) is 0 Å². The molecule has 0 N–H and O–H groups in total. The highest BCUT2D eigenvalue weighted by molar-refractivity contribution is 7.90. The molecule has 1 heterocycles. The highest BCUT2D eigenvalue weighted by atomic mass is 32.2. The highest BCUT2D eigenvalue weighted by Gasteiger charge is 2.08. The molecule has 0 aromatic carbocycles. The molecule has 0 amide bonds. The van der Waals surface area contributed by atoms with E-state index in [9.17, 15) is 8.42 Å². The molecule has 0 aliphatic carbocycles. The number of ether oxygens (including phenoxy) is 1. The number of hydrogen-bond acceptors (Lipinski definition) is 5. The minimum absolute atomic E-state index is 0.0525.